The number of nitrogens with one attached hydrogen (secondary N) is 2. The van der Waals surface area contributed by atoms with Crippen LogP contribution in [0.2, 0.25) is 0 Å². The zero-order valence-corrected chi connectivity index (χ0v) is 13.3. The molecular formula is C17H21N3S. The van der Waals surface area contributed by atoms with Crippen LogP contribution in [-0.4, -0.2) is 10.8 Å². The molecule has 21 heavy (non-hydrogen) atoms. The van der Waals surface area contributed by atoms with Crippen LogP contribution in [-0.2, 0) is 0 Å². The minimum atomic E-state index is 0.477. The van der Waals surface area contributed by atoms with Gasteiger partial charge in [0.15, 0.2) is 5.11 Å². The van der Waals surface area contributed by atoms with Gasteiger partial charge in [0, 0.05) is 5.69 Å². The standard InChI is InChI=1S/C17H21N3S/c1-12(2)14-10-9-13(3)16(11-14)19-20-17(21)18-15-7-5-4-6-8-15/h4-9,14H,1,10-11H2,2-3H3,(H2,18,20,21)/t14-/m1/s1. The molecular weight excluding hydrogens is 278 g/mol. The SMILES string of the molecule is C=C(C)[C@@H]1CC=C(C)C(=NNC(=S)Nc2ccccc2)C1. The lowest BCUT2D eigenvalue weighted by molar-refractivity contribution is 0.637. The molecule has 1 aromatic rings. The van der Waals surface area contributed by atoms with Crippen LogP contribution in [0.5, 0.6) is 0 Å². The van der Waals surface area contributed by atoms with Crippen LogP contribution in [0.15, 0.2) is 59.2 Å². The number of anilines is 1. The van der Waals surface area contributed by atoms with Crippen LogP contribution in [0.1, 0.15) is 26.7 Å². The number of rotatable bonds is 3. The van der Waals surface area contributed by atoms with Crippen molar-refractivity contribution in [3.63, 3.8) is 0 Å². The number of hydrogen-bond donors (Lipinski definition) is 2. The molecule has 0 unspecified atom stereocenters. The van der Waals surface area contributed by atoms with E-state index >= 15 is 0 Å². The van der Waals surface area contributed by atoms with Crippen LogP contribution in [0, 0.1) is 5.92 Å². The second-order valence-corrected chi connectivity index (χ2v) is 5.77. The van der Waals surface area contributed by atoms with E-state index in [4.69, 9.17) is 12.2 Å². The van der Waals surface area contributed by atoms with Crippen LogP contribution >= 0.6 is 12.2 Å². The molecule has 1 atom stereocenters. The molecule has 0 fully saturated rings. The molecule has 0 bridgehead atoms. The summed E-state index contributed by atoms with van der Waals surface area (Å²) in [4.78, 5) is 0. The molecule has 1 aliphatic carbocycles. The van der Waals surface area contributed by atoms with Crippen molar-refractivity contribution in [1.29, 1.82) is 0 Å². The molecule has 0 radical (unpaired) electrons. The average molecular weight is 299 g/mol. The Hall–Kier alpha value is -1.94. The predicted octanol–water partition coefficient (Wildman–Crippen LogP) is 4.26. The normalized spacial score (nSPS) is 19.8. The van der Waals surface area contributed by atoms with E-state index in [-0.39, 0.29) is 0 Å². The molecule has 1 aromatic carbocycles. The molecule has 0 aromatic heterocycles. The minimum Gasteiger partial charge on any atom is -0.331 e. The second-order valence-electron chi connectivity index (χ2n) is 5.36. The number of hydrazone groups is 1. The molecule has 3 nitrogen and oxygen atoms in total. The summed E-state index contributed by atoms with van der Waals surface area (Å²) in [5.41, 5.74) is 7.34. The van der Waals surface area contributed by atoms with Gasteiger partial charge in [-0.2, -0.15) is 5.10 Å². The molecule has 110 valence electrons. The first kappa shape index (κ1) is 15.4. The molecule has 0 amide bonds. The van der Waals surface area contributed by atoms with Gasteiger partial charge in [0.2, 0.25) is 0 Å². The molecule has 1 aliphatic rings. The maximum atomic E-state index is 5.26. The van der Waals surface area contributed by atoms with Gasteiger partial charge in [-0.25, -0.2) is 0 Å². The van der Waals surface area contributed by atoms with E-state index in [1.54, 1.807) is 0 Å². The summed E-state index contributed by atoms with van der Waals surface area (Å²) in [7, 11) is 0. The minimum absolute atomic E-state index is 0.477. The number of nitrogens with zero attached hydrogens (tertiary/aromatic N) is 1. The largest absolute Gasteiger partial charge is 0.331 e. The number of para-hydroxylation sites is 1. The Morgan fingerprint density at radius 3 is 2.71 bits per heavy atom. The van der Waals surface area contributed by atoms with E-state index in [1.807, 2.05) is 30.3 Å². The highest BCUT2D eigenvalue weighted by Crippen LogP contribution is 2.26. The summed E-state index contributed by atoms with van der Waals surface area (Å²) in [6, 6.07) is 9.81. The molecule has 2 rings (SSSR count). The van der Waals surface area contributed by atoms with Gasteiger partial charge >= 0.3 is 0 Å². The van der Waals surface area contributed by atoms with Crippen molar-refractivity contribution in [2.45, 2.75) is 26.7 Å². The lowest BCUT2D eigenvalue weighted by Crippen LogP contribution is -2.26. The van der Waals surface area contributed by atoms with E-state index in [0.29, 0.717) is 11.0 Å². The van der Waals surface area contributed by atoms with Crippen LogP contribution in [0.25, 0.3) is 0 Å². The third-order valence-corrected chi connectivity index (χ3v) is 3.82. The third-order valence-electron chi connectivity index (χ3n) is 3.62. The van der Waals surface area contributed by atoms with Gasteiger partial charge in [-0.3, -0.25) is 5.43 Å². The number of allylic oxidation sites excluding steroid dienone is 3. The van der Waals surface area contributed by atoms with Gasteiger partial charge in [0.25, 0.3) is 0 Å². The average Bonchev–Trinajstić information content (AvgIpc) is 2.47. The lowest BCUT2D eigenvalue weighted by atomic mass is 9.85. The second kappa shape index (κ2) is 7.18. The monoisotopic (exact) mass is 299 g/mol. The van der Waals surface area contributed by atoms with Gasteiger partial charge < -0.3 is 5.32 Å². The van der Waals surface area contributed by atoms with Crippen molar-refractivity contribution < 1.29 is 0 Å². The summed E-state index contributed by atoms with van der Waals surface area (Å²) in [6.07, 6.45) is 4.18. The molecule has 0 heterocycles. The van der Waals surface area contributed by atoms with Crippen LogP contribution in [0.3, 0.4) is 0 Å². The third kappa shape index (κ3) is 4.53. The Kier molecular flexibility index (Phi) is 5.28. The van der Waals surface area contributed by atoms with E-state index in [9.17, 15) is 0 Å². The Balaban J connectivity index is 1.96. The summed E-state index contributed by atoms with van der Waals surface area (Å²) in [6.45, 7) is 8.21. The molecule has 0 aliphatic heterocycles. The highest BCUT2D eigenvalue weighted by molar-refractivity contribution is 7.80. The van der Waals surface area contributed by atoms with Crippen LogP contribution in [0.4, 0.5) is 5.69 Å². The van der Waals surface area contributed by atoms with E-state index in [2.05, 4.69) is 42.3 Å². The quantitative estimate of drug-likeness (QED) is 0.497. The van der Waals surface area contributed by atoms with Crippen LogP contribution < -0.4 is 10.7 Å². The first-order chi connectivity index (χ1) is 10.1. The Morgan fingerprint density at radius 1 is 1.33 bits per heavy atom. The van der Waals surface area contributed by atoms with Crippen molar-refractivity contribution in [2.75, 3.05) is 5.32 Å². The van der Waals surface area contributed by atoms with Crippen molar-refractivity contribution in [3.8, 4) is 0 Å². The number of thiocarbonyl (C=S) groups is 1. The summed E-state index contributed by atoms with van der Waals surface area (Å²) < 4.78 is 0. The van der Waals surface area contributed by atoms with E-state index in [0.717, 1.165) is 24.2 Å². The Morgan fingerprint density at radius 2 is 2.05 bits per heavy atom. The highest BCUT2D eigenvalue weighted by Gasteiger charge is 2.18. The van der Waals surface area contributed by atoms with Crippen molar-refractivity contribution in [1.82, 2.24) is 5.43 Å². The summed E-state index contributed by atoms with van der Waals surface area (Å²) in [5.74, 6) is 0.477. The Labute approximate surface area is 131 Å². The lowest BCUT2D eigenvalue weighted by Gasteiger charge is -2.22. The van der Waals surface area contributed by atoms with Gasteiger partial charge in [0.1, 0.15) is 0 Å². The van der Waals surface area contributed by atoms with Gasteiger partial charge in [-0.1, -0.05) is 36.4 Å². The van der Waals surface area contributed by atoms with Crippen molar-refractivity contribution >= 4 is 28.7 Å². The fourth-order valence-electron chi connectivity index (χ4n) is 2.22. The molecule has 0 saturated heterocycles. The van der Waals surface area contributed by atoms with Gasteiger partial charge in [-0.15, -0.1) is 0 Å². The molecule has 2 N–H and O–H groups in total. The topological polar surface area (TPSA) is 36.4 Å². The van der Waals surface area contributed by atoms with Crippen molar-refractivity contribution in [2.24, 2.45) is 11.0 Å². The summed E-state index contributed by atoms with van der Waals surface area (Å²) >= 11 is 5.26. The molecule has 4 heteroatoms. The molecule has 0 saturated carbocycles. The fraction of sp³-hybridized carbons (Fsp3) is 0.294. The van der Waals surface area contributed by atoms with Gasteiger partial charge in [0.05, 0.1) is 5.71 Å². The highest BCUT2D eigenvalue weighted by atomic mass is 32.1. The maximum Gasteiger partial charge on any atom is 0.191 e. The Bertz CT molecular complexity index is 587. The first-order valence-electron chi connectivity index (χ1n) is 7.07. The number of hydrogen-bond acceptors (Lipinski definition) is 2. The maximum absolute atomic E-state index is 5.26. The van der Waals surface area contributed by atoms with Gasteiger partial charge in [-0.05, 0) is 62.5 Å². The fourth-order valence-corrected chi connectivity index (χ4v) is 2.39. The van der Waals surface area contributed by atoms with E-state index < -0.39 is 0 Å². The smallest absolute Gasteiger partial charge is 0.191 e. The first-order valence-corrected chi connectivity index (χ1v) is 7.48. The zero-order chi connectivity index (χ0) is 15.2. The predicted molar refractivity (Wildman–Crippen MR) is 94.5 cm³/mol. The zero-order valence-electron chi connectivity index (χ0n) is 12.5. The summed E-state index contributed by atoms with van der Waals surface area (Å²) in [5, 5.41) is 8.05. The van der Waals surface area contributed by atoms with E-state index in [1.165, 1.54) is 11.1 Å². The number of benzene rings is 1. The van der Waals surface area contributed by atoms with Crippen molar-refractivity contribution in [3.05, 3.63) is 54.1 Å². The molecule has 0 spiro atoms.